The summed E-state index contributed by atoms with van der Waals surface area (Å²) in [6, 6.07) is 5.08. The van der Waals surface area contributed by atoms with Crippen molar-refractivity contribution in [2.24, 2.45) is 0 Å². The summed E-state index contributed by atoms with van der Waals surface area (Å²) < 4.78 is 22.4. The van der Waals surface area contributed by atoms with E-state index in [2.05, 4.69) is 15.5 Å². The van der Waals surface area contributed by atoms with Crippen LogP contribution >= 0.6 is 11.6 Å². The van der Waals surface area contributed by atoms with Crippen LogP contribution in [0.2, 0.25) is 5.02 Å². The highest BCUT2D eigenvalue weighted by Crippen LogP contribution is 2.29. The van der Waals surface area contributed by atoms with E-state index in [1.54, 1.807) is 30.9 Å². The number of halogens is 1. The second kappa shape index (κ2) is 10.2. The quantitative estimate of drug-likeness (QED) is 0.631. The molecule has 1 atom stereocenters. The van der Waals surface area contributed by atoms with Crippen LogP contribution in [0.3, 0.4) is 0 Å². The van der Waals surface area contributed by atoms with Crippen molar-refractivity contribution >= 4 is 34.4 Å². The summed E-state index contributed by atoms with van der Waals surface area (Å²) in [6.07, 6.45) is 4.76. The molecule has 2 heterocycles. The summed E-state index contributed by atoms with van der Waals surface area (Å²) >= 11 is 4.97. The molecule has 9 heteroatoms. The van der Waals surface area contributed by atoms with E-state index in [0.29, 0.717) is 34.3 Å². The molecule has 1 aliphatic heterocycles. The normalized spacial score (nSPS) is 16.0. The molecule has 3 rings (SSSR count). The highest BCUT2D eigenvalue weighted by Gasteiger charge is 2.20. The van der Waals surface area contributed by atoms with Crippen molar-refractivity contribution < 1.29 is 18.5 Å². The van der Waals surface area contributed by atoms with Crippen molar-refractivity contribution in [2.75, 3.05) is 51.0 Å². The van der Waals surface area contributed by atoms with Crippen LogP contribution in [0.1, 0.15) is 15.9 Å². The van der Waals surface area contributed by atoms with E-state index in [-0.39, 0.29) is 5.91 Å². The minimum atomic E-state index is -1.30. The molecular formula is C19H24ClN3O4S. The zero-order valence-corrected chi connectivity index (χ0v) is 17.3. The molecule has 0 spiro atoms. The number of rotatable bonds is 8. The topological polar surface area (TPSA) is 89.8 Å². The molecule has 2 N–H and O–H groups in total. The van der Waals surface area contributed by atoms with E-state index in [1.165, 1.54) is 0 Å². The Bertz CT molecular complexity index is 780. The van der Waals surface area contributed by atoms with E-state index in [0.717, 1.165) is 38.4 Å². The van der Waals surface area contributed by atoms with Crippen molar-refractivity contribution in [3.63, 3.8) is 0 Å². The number of amides is 1. The first-order valence-electron chi connectivity index (χ1n) is 9.05. The zero-order chi connectivity index (χ0) is 19.9. The largest absolute Gasteiger partial charge is 0.612 e. The second-order valence-corrected chi connectivity index (χ2v) is 8.23. The maximum Gasteiger partial charge on any atom is 0.253 e. The van der Waals surface area contributed by atoms with Gasteiger partial charge in [-0.1, -0.05) is 11.6 Å². The second-order valence-electron chi connectivity index (χ2n) is 6.48. The van der Waals surface area contributed by atoms with Gasteiger partial charge in [0.05, 0.1) is 36.3 Å². The number of hydrogen-bond donors (Lipinski definition) is 2. The van der Waals surface area contributed by atoms with E-state index in [9.17, 15) is 9.35 Å². The highest BCUT2D eigenvalue weighted by molar-refractivity contribution is 7.90. The van der Waals surface area contributed by atoms with Gasteiger partial charge < -0.3 is 24.3 Å². The van der Waals surface area contributed by atoms with Gasteiger partial charge in [-0.3, -0.25) is 9.69 Å². The van der Waals surface area contributed by atoms with Crippen molar-refractivity contribution in [1.29, 1.82) is 0 Å². The average Bonchev–Trinajstić information content (AvgIpc) is 3.20. The molecule has 1 aromatic carbocycles. The Morgan fingerprint density at radius 3 is 2.82 bits per heavy atom. The predicted octanol–water partition coefficient (Wildman–Crippen LogP) is 2.34. The average molecular weight is 426 g/mol. The van der Waals surface area contributed by atoms with Gasteiger partial charge in [-0.15, -0.1) is 0 Å². The van der Waals surface area contributed by atoms with Gasteiger partial charge in [0.25, 0.3) is 5.91 Å². The number of carbonyl (C=O) groups is 1. The Hall–Kier alpha value is -1.71. The molecule has 1 fully saturated rings. The summed E-state index contributed by atoms with van der Waals surface area (Å²) in [4.78, 5) is 15.5. The molecule has 0 saturated carbocycles. The molecule has 2 aromatic rings. The fourth-order valence-corrected chi connectivity index (χ4v) is 4.05. The number of ether oxygens (including phenoxy) is 1. The Kier molecular flexibility index (Phi) is 7.64. The lowest BCUT2D eigenvalue weighted by molar-refractivity contribution is 0.0383. The molecule has 0 bridgehead atoms. The molecule has 1 aromatic heterocycles. The Balaban J connectivity index is 1.69. The molecular weight excluding hydrogens is 402 g/mol. The lowest BCUT2D eigenvalue weighted by atomic mass is 10.1. The van der Waals surface area contributed by atoms with Gasteiger partial charge in [0.2, 0.25) is 0 Å². The number of nitrogens with zero attached hydrogens (tertiary/aromatic N) is 1. The minimum Gasteiger partial charge on any atom is -0.612 e. The Morgan fingerprint density at radius 2 is 2.14 bits per heavy atom. The third-order valence-electron chi connectivity index (χ3n) is 4.51. The molecule has 1 saturated heterocycles. The van der Waals surface area contributed by atoms with Crippen LogP contribution < -0.4 is 10.6 Å². The number of furan rings is 1. The van der Waals surface area contributed by atoms with Crippen LogP contribution in [-0.4, -0.2) is 61.0 Å². The van der Waals surface area contributed by atoms with Crippen LogP contribution in [-0.2, 0) is 22.5 Å². The van der Waals surface area contributed by atoms with Gasteiger partial charge in [-0.25, -0.2) is 0 Å². The third-order valence-corrected chi connectivity index (χ3v) is 5.89. The number of carbonyl (C=O) groups excluding carboxylic acids is 1. The molecule has 0 aliphatic carbocycles. The Morgan fingerprint density at radius 1 is 1.36 bits per heavy atom. The first-order valence-corrected chi connectivity index (χ1v) is 11.0. The lowest BCUT2D eigenvalue weighted by Gasteiger charge is -2.26. The van der Waals surface area contributed by atoms with Crippen LogP contribution in [0.5, 0.6) is 0 Å². The molecule has 0 radical (unpaired) electrons. The maximum absolute atomic E-state index is 12.8. The number of hydrogen-bond acceptors (Lipinski definition) is 6. The molecule has 1 aliphatic rings. The van der Waals surface area contributed by atoms with Gasteiger partial charge in [0.15, 0.2) is 4.90 Å². The summed E-state index contributed by atoms with van der Waals surface area (Å²) in [5.41, 5.74) is 1.95. The summed E-state index contributed by atoms with van der Waals surface area (Å²) in [6.45, 7) is 4.94. The predicted molar refractivity (Wildman–Crippen MR) is 109 cm³/mol. The van der Waals surface area contributed by atoms with Gasteiger partial charge in [0, 0.05) is 50.0 Å². The fraction of sp³-hybridized carbons (Fsp3) is 0.421. The summed E-state index contributed by atoms with van der Waals surface area (Å²) in [5, 5.41) is 6.52. The van der Waals surface area contributed by atoms with Crippen molar-refractivity contribution in [2.45, 2.75) is 11.4 Å². The molecule has 1 unspecified atom stereocenters. The minimum absolute atomic E-state index is 0.230. The number of nitrogens with one attached hydrogen (secondary N) is 2. The van der Waals surface area contributed by atoms with Crippen molar-refractivity contribution in [3.05, 3.63) is 46.9 Å². The molecule has 28 heavy (non-hydrogen) atoms. The summed E-state index contributed by atoms with van der Waals surface area (Å²) in [7, 11) is 0. The van der Waals surface area contributed by atoms with Gasteiger partial charge in [-0.2, -0.15) is 0 Å². The van der Waals surface area contributed by atoms with E-state index in [4.69, 9.17) is 20.8 Å². The first-order chi connectivity index (χ1) is 13.5. The lowest BCUT2D eigenvalue weighted by Crippen LogP contribution is -2.41. The first kappa shape index (κ1) is 21.0. The van der Waals surface area contributed by atoms with Crippen molar-refractivity contribution in [3.8, 4) is 0 Å². The number of morpholine rings is 1. The maximum atomic E-state index is 12.8. The molecule has 1 amide bonds. The van der Waals surface area contributed by atoms with E-state index >= 15 is 0 Å². The smallest absolute Gasteiger partial charge is 0.253 e. The Labute approximate surface area is 172 Å². The van der Waals surface area contributed by atoms with E-state index < -0.39 is 11.2 Å². The zero-order valence-electron chi connectivity index (χ0n) is 15.7. The molecule has 152 valence electrons. The van der Waals surface area contributed by atoms with Gasteiger partial charge >= 0.3 is 0 Å². The highest BCUT2D eigenvalue weighted by atomic mass is 35.5. The summed E-state index contributed by atoms with van der Waals surface area (Å²) in [5.74, 6) is -0.230. The fourth-order valence-electron chi connectivity index (χ4n) is 2.95. The van der Waals surface area contributed by atoms with E-state index in [1.807, 2.05) is 6.07 Å². The van der Waals surface area contributed by atoms with Crippen LogP contribution in [0.15, 0.2) is 40.0 Å². The van der Waals surface area contributed by atoms with Crippen LogP contribution in [0.25, 0.3) is 0 Å². The standard InChI is InChI=1S/C19H24ClN3O4S/c1-28(25)18-10-15(19(24)21-3-4-23-5-8-26-9-6-23)17(11-16(18)20)22-12-14-2-7-27-13-14/h2,7,10-11,13,22H,3-6,8-9,12H2,1H3,(H,21,24). The monoisotopic (exact) mass is 425 g/mol. The third kappa shape index (κ3) is 5.65. The van der Waals surface area contributed by atoms with Gasteiger partial charge in [-0.05, 0) is 23.3 Å². The molecule has 7 nitrogen and oxygen atoms in total. The van der Waals surface area contributed by atoms with Gasteiger partial charge in [0.1, 0.15) is 6.26 Å². The van der Waals surface area contributed by atoms with Crippen LogP contribution in [0.4, 0.5) is 5.69 Å². The van der Waals surface area contributed by atoms with Crippen molar-refractivity contribution in [1.82, 2.24) is 10.2 Å². The SMILES string of the molecule is C[S+]([O-])c1cc(C(=O)NCCN2CCOCC2)c(NCc2ccoc2)cc1Cl. The van der Waals surface area contributed by atoms with Crippen LogP contribution in [0, 0.1) is 0 Å². The number of anilines is 1. The number of benzene rings is 1.